The van der Waals surface area contributed by atoms with Gasteiger partial charge >= 0.3 is 0 Å². The molecule has 0 saturated carbocycles. The Morgan fingerprint density at radius 3 is 2.78 bits per heavy atom. The fourth-order valence-corrected chi connectivity index (χ4v) is 4.22. The molecule has 0 aromatic carbocycles. The van der Waals surface area contributed by atoms with Crippen LogP contribution in [0, 0.1) is 20.8 Å². The zero-order chi connectivity index (χ0) is 18.5. The van der Waals surface area contributed by atoms with Crippen LogP contribution in [-0.4, -0.2) is 36.3 Å². The van der Waals surface area contributed by atoms with Gasteiger partial charge < -0.3 is 4.90 Å². The van der Waals surface area contributed by atoms with Gasteiger partial charge in [0.2, 0.25) is 0 Å². The molecule has 1 aliphatic rings. The number of thiazole rings is 1. The van der Waals surface area contributed by atoms with E-state index in [0.717, 1.165) is 58.4 Å². The highest BCUT2D eigenvalue weighted by Crippen LogP contribution is 2.30. The van der Waals surface area contributed by atoms with E-state index in [1.54, 1.807) is 11.3 Å². The second-order valence-electron chi connectivity index (χ2n) is 6.92. The Balaban J connectivity index is 1.56. The third-order valence-corrected chi connectivity index (χ3v) is 6.10. The van der Waals surface area contributed by atoms with Crippen molar-refractivity contribution in [2.24, 2.45) is 0 Å². The minimum Gasteiger partial charge on any atom is -0.350 e. The molecule has 7 nitrogen and oxygen atoms in total. The predicted molar refractivity (Wildman–Crippen MR) is 105 cm³/mol. The monoisotopic (exact) mass is 377 g/mol. The smallest absolute Gasteiger partial charge is 0.181 e. The average Bonchev–Trinajstić information content (AvgIpc) is 3.34. The van der Waals surface area contributed by atoms with E-state index in [2.05, 4.69) is 40.0 Å². The van der Waals surface area contributed by atoms with Gasteiger partial charge in [0.1, 0.15) is 0 Å². The Kier molecular flexibility index (Phi) is 3.68. The molecule has 4 aromatic heterocycles. The number of pyridine rings is 1. The quantitative estimate of drug-likeness (QED) is 0.534. The molecule has 0 N–H and O–H groups in total. The predicted octanol–water partition coefficient (Wildman–Crippen LogP) is 3.13. The Bertz CT molecular complexity index is 1150. The molecule has 0 unspecified atom stereocenters. The van der Waals surface area contributed by atoms with E-state index in [0.29, 0.717) is 0 Å². The van der Waals surface area contributed by atoms with Crippen molar-refractivity contribution in [1.82, 2.24) is 29.8 Å². The highest BCUT2D eigenvalue weighted by atomic mass is 32.1. The summed E-state index contributed by atoms with van der Waals surface area (Å²) in [5.74, 6) is 1.80. The lowest BCUT2D eigenvalue weighted by molar-refractivity contribution is 0.686. The van der Waals surface area contributed by atoms with Crippen LogP contribution in [0.4, 0.5) is 5.82 Å². The first-order chi connectivity index (χ1) is 13.1. The van der Waals surface area contributed by atoms with Crippen LogP contribution in [-0.2, 0) is 13.0 Å². The number of aromatic nitrogens is 6. The van der Waals surface area contributed by atoms with Crippen molar-refractivity contribution in [2.45, 2.75) is 33.7 Å². The van der Waals surface area contributed by atoms with Crippen LogP contribution in [0.15, 0.2) is 24.0 Å². The first-order valence-corrected chi connectivity index (χ1v) is 9.80. The van der Waals surface area contributed by atoms with Crippen molar-refractivity contribution in [3.63, 3.8) is 0 Å². The molecule has 136 valence electrons. The van der Waals surface area contributed by atoms with Crippen molar-refractivity contribution in [3.8, 4) is 10.4 Å². The maximum Gasteiger partial charge on any atom is 0.181 e. The van der Waals surface area contributed by atoms with Crippen molar-refractivity contribution in [2.75, 3.05) is 11.4 Å². The van der Waals surface area contributed by atoms with E-state index in [-0.39, 0.29) is 0 Å². The molecular formula is C19H19N7S. The standard InChI is InChI=1S/C19H19N7S/c1-11-12(2)19(24-26-13(3)22-23-18(11)26)25-5-4-16-15(9-25)6-14(7-21-16)17-8-20-10-27-17/h6-8,10H,4-5,9H2,1-3H3. The van der Waals surface area contributed by atoms with Crippen LogP contribution < -0.4 is 4.90 Å². The zero-order valence-electron chi connectivity index (χ0n) is 15.5. The number of rotatable bonds is 2. The number of aryl methyl sites for hydroxylation is 2. The summed E-state index contributed by atoms with van der Waals surface area (Å²) in [5, 5.41) is 13.3. The second kappa shape index (κ2) is 6.09. The lowest BCUT2D eigenvalue weighted by atomic mass is 10.0. The van der Waals surface area contributed by atoms with Crippen LogP contribution in [0.3, 0.4) is 0 Å². The first-order valence-electron chi connectivity index (χ1n) is 8.92. The highest BCUT2D eigenvalue weighted by Gasteiger charge is 2.23. The summed E-state index contributed by atoms with van der Waals surface area (Å²) >= 11 is 1.64. The van der Waals surface area contributed by atoms with Crippen LogP contribution in [0.5, 0.6) is 0 Å². The maximum atomic E-state index is 4.85. The average molecular weight is 377 g/mol. The third kappa shape index (κ3) is 2.59. The molecule has 8 heteroatoms. The van der Waals surface area contributed by atoms with Gasteiger partial charge in [-0.1, -0.05) is 0 Å². The number of anilines is 1. The summed E-state index contributed by atoms with van der Waals surface area (Å²) in [7, 11) is 0. The van der Waals surface area contributed by atoms with Gasteiger partial charge in [0.25, 0.3) is 0 Å². The normalized spacial score (nSPS) is 14.0. The first kappa shape index (κ1) is 16.3. The van der Waals surface area contributed by atoms with Crippen LogP contribution in [0.1, 0.15) is 28.2 Å². The molecule has 1 aliphatic heterocycles. The third-order valence-electron chi connectivity index (χ3n) is 5.28. The van der Waals surface area contributed by atoms with E-state index < -0.39 is 0 Å². The molecule has 0 saturated heterocycles. The number of nitrogens with zero attached hydrogens (tertiary/aromatic N) is 7. The fraction of sp³-hybridized carbons (Fsp3) is 0.316. The summed E-state index contributed by atoms with van der Waals surface area (Å²) in [6.45, 7) is 7.84. The SMILES string of the molecule is Cc1c(N2CCc3ncc(-c4cncs4)cc3C2)nn2c(C)nnc2c1C. The molecular weight excluding hydrogens is 358 g/mol. The highest BCUT2D eigenvalue weighted by molar-refractivity contribution is 7.13. The van der Waals surface area contributed by atoms with Crippen molar-refractivity contribution in [1.29, 1.82) is 0 Å². The molecule has 0 bridgehead atoms. The molecule has 0 aliphatic carbocycles. The molecule has 4 aromatic rings. The Morgan fingerprint density at radius 1 is 1.07 bits per heavy atom. The van der Waals surface area contributed by atoms with Gasteiger partial charge in [0, 0.05) is 54.3 Å². The van der Waals surface area contributed by atoms with E-state index in [9.17, 15) is 0 Å². The van der Waals surface area contributed by atoms with Gasteiger partial charge in [-0.15, -0.1) is 26.6 Å². The van der Waals surface area contributed by atoms with Gasteiger partial charge in [-0.25, -0.2) is 0 Å². The zero-order valence-corrected chi connectivity index (χ0v) is 16.3. The second-order valence-corrected chi connectivity index (χ2v) is 7.81. The summed E-state index contributed by atoms with van der Waals surface area (Å²) in [6, 6.07) is 2.24. The molecule has 0 atom stereocenters. The summed E-state index contributed by atoms with van der Waals surface area (Å²) in [6.07, 6.45) is 4.77. The van der Waals surface area contributed by atoms with E-state index >= 15 is 0 Å². The lowest BCUT2D eigenvalue weighted by Gasteiger charge is -2.30. The Labute approximate surface area is 160 Å². The number of fused-ring (bicyclic) bond motifs is 2. The fourth-order valence-electron chi connectivity index (χ4n) is 3.62. The van der Waals surface area contributed by atoms with Crippen LogP contribution in [0.2, 0.25) is 0 Å². The van der Waals surface area contributed by atoms with Crippen LogP contribution >= 0.6 is 11.3 Å². The molecule has 0 fully saturated rings. The molecule has 0 spiro atoms. The topological polar surface area (TPSA) is 72.1 Å². The van der Waals surface area contributed by atoms with Crippen molar-refractivity contribution in [3.05, 3.63) is 52.2 Å². The summed E-state index contributed by atoms with van der Waals surface area (Å²) < 4.78 is 1.85. The van der Waals surface area contributed by atoms with Gasteiger partial charge in [-0.2, -0.15) is 4.52 Å². The number of hydrogen-bond donors (Lipinski definition) is 0. The lowest BCUT2D eigenvalue weighted by Crippen LogP contribution is -2.33. The molecule has 0 amide bonds. The molecule has 5 rings (SSSR count). The summed E-state index contributed by atoms with van der Waals surface area (Å²) in [4.78, 5) is 12.4. The Hall–Kier alpha value is -2.87. The maximum absolute atomic E-state index is 4.85. The van der Waals surface area contributed by atoms with Crippen molar-refractivity contribution < 1.29 is 0 Å². The van der Waals surface area contributed by atoms with Gasteiger partial charge in [-0.05, 0) is 32.4 Å². The van der Waals surface area contributed by atoms with Gasteiger partial charge in [-0.3, -0.25) is 9.97 Å². The van der Waals surface area contributed by atoms with Crippen molar-refractivity contribution >= 4 is 22.8 Å². The summed E-state index contributed by atoms with van der Waals surface area (Å²) in [5.41, 5.74) is 8.53. The largest absolute Gasteiger partial charge is 0.350 e. The van der Waals surface area contributed by atoms with Gasteiger partial charge in [0.05, 0.1) is 10.4 Å². The van der Waals surface area contributed by atoms with E-state index in [1.165, 1.54) is 11.3 Å². The minimum absolute atomic E-state index is 0.801. The van der Waals surface area contributed by atoms with Gasteiger partial charge in [0.15, 0.2) is 17.3 Å². The minimum atomic E-state index is 0.801. The molecule has 5 heterocycles. The molecule has 27 heavy (non-hydrogen) atoms. The number of hydrogen-bond acceptors (Lipinski definition) is 7. The van der Waals surface area contributed by atoms with Crippen LogP contribution in [0.25, 0.3) is 16.1 Å². The molecule has 0 radical (unpaired) electrons. The Morgan fingerprint density at radius 2 is 1.96 bits per heavy atom. The van der Waals surface area contributed by atoms with E-state index in [1.807, 2.05) is 29.3 Å². The van der Waals surface area contributed by atoms with E-state index in [4.69, 9.17) is 10.1 Å².